The van der Waals surface area contributed by atoms with E-state index in [4.69, 9.17) is 5.73 Å². The van der Waals surface area contributed by atoms with Crippen molar-refractivity contribution < 1.29 is 36.0 Å². The van der Waals surface area contributed by atoms with Crippen LogP contribution in [0.4, 0.5) is 33.3 Å². The molecule has 2 rings (SSSR count). The molecule has 0 spiro atoms. The molecule has 1 aromatic carbocycles. The molecule has 0 saturated carbocycles. The number of para-hydroxylation sites is 2. The van der Waals surface area contributed by atoms with Gasteiger partial charge in [0.15, 0.2) is 6.61 Å². The van der Waals surface area contributed by atoms with Crippen molar-refractivity contribution in [1.82, 2.24) is 5.16 Å². The Morgan fingerprint density at radius 3 is 2.54 bits per heavy atom. The van der Waals surface area contributed by atoms with Crippen LogP contribution >= 0.6 is 0 Å². The number of carbonyl (C=O) groups excluding carboxylic acids is 1. The van der Waals surface area contributed by atoms with E-state index in [0.29, 0.717) is 0 Å². The van der Waals surface area contributed by atoms with E-state index in [2.05, 4.69) is 19.7 Å². The number of aromatic nitrogens is 1. The van der Waals surface area contributed by atoms with Crippen molar-refractivity contribution in [2.75, 3.05) is 17.7 Å². The zero-order valence-corrected chi connectivity index (χ0v) is 11.7. The van der Waals surface area contributed by atoms with Gasteiger partial charge in [0.1, 0.15) is 0 Å². The molecule has 1 amide bonds. The van der Waals surface area contributed by atoms with E-state index in [1.54, 1.807) is 12.1 Å². The molecule has 11 heteroatoms. The molecule has 24 heavy (non-hydrogen) atoms. The highest BCUT2D eigenvalue weighted by Gasteiger charge is 2.58. The Morgan fingerprint density at radius 1 is 1.25 bits per heavy atom. The third-order valence-corrected chi connectivity index (χ3v) is 2.74. The van der Waals surface area contributed by atoms with Crippen LogP contribution in [-0.2, 0) is 0 Å². The second-order valence-corrected chi connectivity index (χ2v) is 4.56. The van der Waals surface area contributed by atoms with Crippen molar-refractivity contribution in [3.05, 3.63) is 36.1 Å². The molecule has 0 radical (unpaired) electrons. The molecule has 0 fully saturated rings. The lowest BCUT2D eigenvalue weighted by atomic mass is 10.2. The number of benzene rings is 1. The third-order valence-electron chi connectivity index (χ3n) is 2.74. The molecular weight excluding hydrogens is 341 g/mol. The number of nitrogens with zero attached hydrogens (tertiary/aromatic N) is 1. The Kier molecular flexibility index (Phi) is 4.62. The molecule has 1 aromatic heterocycles. The summed E-state index contributed by atoms with van der Waals surface area (Å²) >= 11 is 0. The first-order valence-electron chi connectivity index (χ1n) is 6.30. The van der Waals surface area contributed by atoms with Crippen LogP contribution in [0.5, 0.6) is 5.88 Å². The van der Waals surface area contributed by atoms with Crippen molar-refractivity contribution in [2.24, 2.45) is 0 Å². The molecule has 0 aliphatic carbocycles. The molecule has 2 aromatic rings. The quantitative estimate of drug-likeness (QED) is 0.638. The molecule has 0 aliphatic rings. The number of rotatable bonds is 5. The maximum Gasteiger partial charge on any atom is 0.456 e. The Bertz CT molecular complexity index is 730. The molecule has 3 N–H and O–H groups in total. The number of nitrogen functional groups attached to an aromatic ring is 1. The van der Waals surface area contributed by atoms with Gasteiger partial charge < -0.3 is 20.3 Å². The van der Waals surface area contributed by atoms with Crippen LogP contribution < -0.4 is 15.8 Å². The zero-order chi connectivity index (χ0) is 18.0. The standard InChI is InChI=1S/C13H10F5N3O3/c14-12(15,13(16,17)18)6-23-10-5-9(24-21-10)11(22)20-8-4-2-1-3-7(8)19/h1-5H,6,19H2,(H,20,22). The average molecular weight is 351 g/mol. The summed E-state index contributed by atoms with van der Waals surface area (Å²) in [5, 5.41) is 5.45. The molecule has 6 nitrogen and oxygen atoms in total. The molecule has 0 atom stereocenters. The van der Waals surface area contributed by atoms with Crippen LogP contribution in [0, 0.1) is 0 Å². The summed E-state index contributed by atoms with van der Waals surface area (Å²) in [4.78, 5) is 11.9. The maximum atomic E-state index is 12.7. The number of nitrogens with one attached hydrogen (secondary N) is 1. The van der Waals surface area contributed by atoms with Crippen LogP contribution in [0.2, 0.25) is 0 Å². The highest BCUT2D eigenvalue weighted by Crippen LogP contribution is 2.35. The molecule has 0 saturated heterocycles. The van der Waals surface area contributed by atoms with Gasteiger partial charge in [0.2, 0.25) is 5.76 Å². The van der Waals surface area contributed by atoms with Gasteiger partial charge in [-0.3, -0.25) is 4.79 Å². The molecule has 130 valence electrons. The first-order chi connectivity index (χ1) is 11.1. The van der Waals surface area contributed by atoms with Crippen LogP contribution in [-0.4, -0.2) is 29.8 Å². The number of anilines is 2. The van der Waals surface area contributed by atoms with Crippen molar-refractivity contribution in [1.29, 1.82) is 0 Å². The molecular formula is C13H10F5N3O3. The van der Waals surface area contributed by atoms with Crippen LogP contribution in [0.15, 0.2) is 34.9 Å². The third kappa shape index (κ3) is 3.91. The number of halogens is 5. The van der Waals surface area contributed by atoms with Gasteiger partial charge in [0.25, 0.3) is 11.8 Å². The van der Waals surface area contributed by atoms with E-state index in [1.807, 2.05) is 0 Å². The van der Waals surface area contributed by atoms with Gasteiger partial charge in [-0.15, -0.1) is 0 Å². The maximum absolute atomic E-state index is 12.7. The minimum absolute atomic E-state index is 0.255. The van der Waals surface area contributed by atoms with Gasteiger partial charge in [-0.25, -0.2) is 0 Å². The Labute approximate surface area is 131 Å². The summed E-state index contributed by atoms with van der Waals surface area (Å²) in [6.07, 6.45) is -5.76. The topological polar surface area (TPSA) is 90.4 Å². The first-order valence-corrected chi connectivity index (χ1v) is 6.30. The minimum Gasteiger partial charge on any atom is -0.469 e. The summed E-state index contributed by atoms with van der Waals surface area (Å²) in [5.41, 5.74) is 6.12. The predicted octanol–water partition coefficient (Wildman–Crippen LogP) is 3.09. The van der Waals surface area contributed by atoms with E-state index in [-0.39, 0.29) is 11.4 Å². The van der Waals surface area contributed by atoms with Gasteiger partial charge >= 0.3 is 12.1 Å². The second-order valence-electron chi connectivity index (χ2n) is 4.56. The zero-order valence-electron chi connectivity index (χ0n) is 11.7. The normalized spacial score (nSPS) is 12.0. The van der Waals surface area contributed by atoms with Gasteiger partial charge in [-0.1, -0.05) is 12.1 Å². The van der Waals surface area contributed by atoms with Crippen molar-refractivity contribution in [3.8, 4) is 5.88 Å². The van der Waals surface area contributed by atoms with E-state index in [9.17, 15) is 26.7 Å². The molecule has 0 unspecified atom stereocenters. The van der Waals surface area contributed by atoms with Crippen LogP contribution in [0.25, 0.3) is 0 Å². The lowest BCUT2D eigenvalue weighted by Gasteiger charge is -2.18. The summed E-state index contributed by atoms with van der Waals surface area (Å²) < 4.78 is 70.2. The number of hydrogen-bond acceptors (Lipinski definition) is 5. The van der Waals surface area contributed by atoms with Crippen molar-refractivity contribution in [2.45, 2.75) is 12.1 Å². The highest BCUT2D eigenvalue weighted by atomic mass is 19.4. The molecule has 0 bridgehead atoms. The van der Waals surface area contributed by atoms with Crippen LogP contribution in [0.1, 0.15) is 10.6 Å². The monoisotopic (exact) mass is 351 g/mol. The highest BCUT2D eigenvalue weighted by molar-refractivity contribution is 6.03. The van der Waals surface area contributed by atoms with E-state index < -0.39 is 36.3 Å². The average Bonchev–Trinajstić information content (AvgIpc) is 2.95. The van der Waals surface area contributed by atoms with E-state index >= 15 is 0 Å². The summed E-state index contributed by atoms with van der Waals surface area (Å²) in [6, 6.07) is 7.02. The fourth-order valence-corrected chi connectivity index (χ4v) is 1.48. The Balaban J connectivity index is 2.00. The summed E-state index contributed by atoms with van der Waals surface area (Å²) in [5.74, 6) is -7.04. The smallest absolute Gasteiger partial charge is 0.456 e. The Hall–Kier alpha value is -2.85. The molecule has 1 heterocycles. The fraction of sp³-hybridized carbons (Fsp3) is 0.231. The number of carbonyl (C=O) groups is 1. The second kappa shape index (κ2) is 6.34. The lowest BCUT2D eigenvalue weighted by Crippen LogP contribution is -2.41. The van der Waals surface area contributed by atoms with Gasteiger partial charge in [0.05, 0.1) is 17.4 Å². The SMILES string of the molecule is Nc1ccccc1NC(=O)c1cc(OCC(F)(F)C(F)(F)F)no1. The molecule has 0 aliphatic heterocycles. The largest absolute Gasteiger partial charge is 0.469 e. The number of hydrogen-bond donors (Lipinski definition) is 2. The first kappa shape index (κ1) is 17.5. The van der Waals surface area contributed by atoms with Gasteiger partial charge in [-0.2, -0.15) is 22.0 Å². The van der Waals surface area contributed by atoms with Crippen molar-refractivity contribution >= 4 is 17.3 Å². The number of amides is 1. The number of ether oxygens (including phenoxy) is 1. The van der Waals surface area contributed by atoms with E-state index in [1.165, 1.54) is 12.1 Å². The van der Waals surface area contributed by atoms with Crippen LogP contribution in [0.3, 0.4) is 0 Å². The fourth-order valence-electron chi connectivity index (χ4n) is 1.48. The van der Waals surface area contributed by atoms with Gasteiger partial charge in [0, 0.05) is 0 Å². The minimum atomic E-state index is -5.76. The predicted molar refractivity (Wildman–Crippen MR) is 71.8 cm³/mol. The number of nitrogens with two attached hydrogens (primary N) is 1. The Morgan fingerprint density at radius 2 is 1.92 bits per heavy atom. The van der Waals surface area contributed by atoms with E-state index in [0.717, 1.165) is 6.07 Å². The summed E-state index contributed by atoms with van der Waals surface area (Å²) in [6.45, 7) is -1.99. The lowest BCUT2D eigenvalue weighted by molar-refractivity contribution is -0.290. The summed E-state index contributed by atoms with van der Waals surface area (Å²) in [7, 11) is 0. The number of alkyl halides is 5. The van der Waals surface area contributed by atoms with Gasteiger partial charge in [-0.05, 0) is 17.3 Å². The van der Waals surface area contributed by atoms with Crippen molar-refractivity contribution in [3.63, 3.8) is 0 Å².